The normalized spacial score (nSPS) is 19.0. The van der Waals surface area contributed by atoms with Crippen molar-refractivity contribution in [3.63, 3.8) is 0 Å². The van der Waals surface area contributed by atoms with Gasteiger partial charge in [0.2, 0.25) is 0 Å². The van der Waals surface area contributed by atoms with Crippen molar-refractivity contribution in [3.8, 4) is 11.1 Å². The molecule has 4 rings (SSSR count). The van der Waals surface area contributed by atoms with Crippen molar-refractivity contribution in [1.29, 1.82) is 0 Å². The second kappa shape index (κ2) is 6.82. The first-order valence-electron chi connectivity index (χ1n) is 8.94. The molecule has 0 aliphatic heterocycles. The lowest BCUT2D eigenvalue weighted by molar-refractivity contribution is 0.349. The van der Waals surface area contributed by atoms with Gasteiger partial charge >= 0.3 is 0 Å². The number of nitrogens with two attached hydrogens (primary N) is 1. The number of hydrogen-bond acceptors (Lipinski definition) is 2. The first-order chi connectivity index (χ1) is 13.0. The number of pyridine rings is 1. The van der Waals surface area contributed by atoms with E-state index in [0.29, 0.717) is 29.7 Å². The molecule has 2 aromatic carbocycles. The Balaban J connectivity index is 1.65. The van der Waals surface area contributed by atoms with Crippen LogP contribution < -0.4 is 5.73 Å². The van der Waals surface area contributed by atoms with Crippen LogP contribution in [0.2, 0.25) is 0 Å². The average Bonchev–Trinajstić information content (AvgIpc) is 2.63. The molecule has 0 saturated carbocycles. The number of fused-ring (bicyclic) bond motifs is 1. The summed E-state index contributed by atoms with van der Waals surface area (Å²) in [6.45, 7) is 0. The molecule has 1 aromatic heterocycles. The summed E-state index contributed by atoms with van der Waals surface area (Å²) in [6.07, 6.45) is 4.15. The predicted molar refractivity (Wildman–Crippen MR) is 98.5 cm³/mol. The maximum atomic E-state index is 14.5. The maximum Gasteiger partial charge on any atom is 0.134 e. The highest BCUT2D eigenvalue weighted by molar-refractivity contribution is 5.64. The molecule has 0 bridgehead atoms. The number of aryl methyl sites for hydroxylation is 1. The Morgan fingerprint density at radius 1 is 0.926 bits per heavy atom. The van der Waals surface area contributed by atoms with Crippen molar-refractivity contribution in [2.75, 3.05) is 0 Å². The summed E-state index contributed by atoms with van der Waals surface area (Å²) in [5.74, 6) is -1.56. The molecule has 1 heterocycles. The molecule has 1 unspecified atom stereocenters. The summed E-state index contributed by atoms with van der Waals surface area (Å²) in [5, 5.41) is 0. The zero-order chi connectivity index (χ0) is 19.0. The van der Waals surface area contributed by atoms with Crippen LogP contribution in [0.15, 0.2) is 54.7 Å². The van der Waals surface area contributed by atoms with Gasteiger partial charge < -0.3 is 5.73 Å². The van der Waals surface area contributed by atoms with Gasteiger partial charge in [0.1, 0.15) is 17.5 Å². The summed E-state index contributed by atoms with van der Waals surface area (Å²) < 4.78 is 42.4. The van der Waals surface area contributed by atoms with Gasteiger partial charge in [0.15, 0.2) is 0 Å². The monoisotopic (exact) mass is 368 g/mol. The second-order valence-electron chi connectivity index (χ2n) is 7.10. The van der Waals surface area contributed by atoms with Crippen LogP contribution in [0.5, 0.6) is 0 Å². The van der Waals surface area contributed by atoms with Crippen molar-refractivity contribution >= 4 is 0 Å². The van der Waals surface area contributed by atoms with Crippen LogP contribution in [0.3, 0.4) is 0 Å². The number of halogens is 3. The van der Waals surface area contributed by atoms with Gasteiger partial charge in [-0.25, -0.2) is 13.2 Å². The molecule has 1 atom stereocenters. The zero-order valence-electron chi connectivity index (χ0n) is 14.7. The quantitative estimate of drug-likeness (QED) is 0.714. The summed E-state index contributed by atoms with van der Waals surface area (Å²) in [4.78, 5) is 4.34. The van der Waals surface area contributed by atoms with Gasteiger partial charge in [0, 0.05) is 35.0 Å². The van der Waals surface area contributed by atoms with Crippen molar-refractivity contribution < 1.29 is 13.2 Å². The van der Waals surface area contributed by atoms with E-state index in [1.165, 1.54) is 30.5 Å². The van der Waals surface area contributed by atoms with E-state index in [-0.39, 0.29) is 11.4 Å². The van der Waals surface area contributed by atoms with Crippen LogP contribution in [0.25, 0.3) is 11.1 Å². The molecule has 2 N–H and O–H groups in total. The Morgan fingerprint density at radius 3 is 2.33 bits per heavy atom. The molecule has 1 aliphatic rings. The van der Waals surface area contributed by atoms with Crippen molar-refractivity contribution in [2.45, 2.75) is 31.2 Å². The molecule has 0 saturated heterocycles. The Morgan fingerprint density at radius 2 is 1.63 bits per heavy atom. The van der Waals surface area contributed by atoms with Crippen LogP contribution in [-0.4, -0.2) is 4.98 Å². The predicted octanol–water partition coefficient (Wildman–Crippen LogP) is 4.90. The summed E-state index contributed by atoms with van der Waals surface area (Å²) in [5.41, 5.74) is 8.18. The number of benzene rings is 2. The zero-order valence-corrected chi connectivity index (χ0v) is 14.7. The van der Waals surface area contributed by atoms with Crippen LogP contribution in [0.4, 0.5) is 13.2 Å². The number of rotatable bonds is 3. The molecule has 0 fully saturated rings. The molecular weight excluding hydrogens is 349 g/mol. The van der Waals surface area contributed by atoms with E-state index in [2.05, 4.69) is 4.98 Å². The molecule has 2 nitrogen and oxygen atoms in total. The van der Waals surface area contributed by atoms with E-state index in [9.17, 15) is 13.2 Å². The fraction of sp³-hybridized carbons (Fsp3) is 0.227. The van der Waals surface area contributed by atoms with E-state index in [0.717, 1.165) is 18.4 Å². The molecule has 1 aliphatic carbocycles. The minimum atomic E-state index is -0.837. The van der Waals surface area contributed by atoms with Gasteiger partial charge in [0.25, 0.3) is 0 Å². The second-order valence-corrected chi connectivity index (χ2v) is 7.10. The van der Waals surface area contributed by atoms with Gasteiger partial charge in [0.05, 0.1) is 5.56 Å². The largest absolute Gasteiger partial charge is 0.321 e. The van der Waals surface area contributed by atoms with E-state index < -0.39 is 17.2 Å². The van der Waals surface area contributed by atoms with Crippen LogP contribution in [-0.2, 0) is 18.4 Å². The molecular formula is C22H19F3N2. The number of nitrogens with zero attached hydrogens (tertiary/aromatic N) is 1. The smallest absolute Gasteiger partial charge is 0.134 e. The third-order valence-electron chi connectivity index (χ3n) is 5.24. The standard InChI is InChI=1S/C22H19F3N2/c23-17-6-2-7-18(24)20(17)15-9-10-16(27-13-15)12-22(26)11-3-5-14-4-1-8-19(25)21(14)22/h1-2,4,6-10,13H,3,5,11-12,26H2. The van der Waals surface area contributed by atoms with Crippen molar-refractivity contribution in [3.05, 3.63) is 89.0 Å². The Kier molecular flexibility index (Phi) is 4.48. The van der Waals surface area contributed by atoms with Crippen LogP contribution in [0.1, 0.15) is 29.7 Å². The van der Waals surface area contributed by atoms with Crippen molar-refractivity contribution in [2.24, 2.45) is 5.73 Å². The summed E-state index contributed by atoms with van der Waals surface area (Å²) in [6, 6.07) is 12.1. The highest BCUT2D eigenvalue weighted by Crippen LogP contribution is 2.37. The summed E-state index contributed by atoms with van der Waals surface area (Å²) >= 11 is 0. The third kappa shape index (κ3) is 3.23. The lowest BCUT2D eigenvalue weighted by atomic mass is 9.74. The maximum absolute atomic E-state index is 14.5. The molecule has 3 aromatic rings. The average molecular weight is 368 g/mol. The van der Waals surface area contributed by atoms with Gasteiger partial charge in [-0.15, -0.1) is 0 Å². The minimum Gasteiger partial charge on any atom is -0.321 e. The Hall–Kier alpha value is -2.66. The van der Waals surface area contributed by atoms with Gasteiger partial charge in [-0.1, -0.05) is 24.3 Å². The molecule has 5 heteroatoms. The van der Waals surface area contributed by atoms with Gasteiger partial charge in [-0.3, -0.25) is 4.98 Å². The van der Waals surface area contributed by atoms with Crippen LogP contribution >= 0.6 is 0 Å². The van der Waals surface area contributed by atoms with E-state index >= 15 is 0 Å². The number of hydrogen-bond donors (Lipinski definition) is 1. The third-order valence-corrected chi connectivity index (χ3v) is 5.24. The van der Waals surface area contributed by atoms with Crippen LogP contribution in [0, 0.1) is 17.5 Å². The van der Waals surface area contributed by atoms with Crippen molar-refractivity contribution in [1.82, 2.24) is 4.98 Å². The fourth-order valence-corrected chi connectivity index (χ4v) is 4.00. The lowest BCUT2D eigenvalue weighted by Crippen LogP contribution is -2.43. The first-order valence-corrected chi connectivity index (χ1v) is 8.94. The first kappa shape index (κ1) is 17.7. The highest BCUT2D eigenvalue weighted by Gasteiger charge is 2.35. The topological polar surface area (TPSA) is 38.9 Å². The fourth-order valence-electron chi connectivity index (χ4n) is 4.00. The molecule has 138 valence electrons. The van der Waals surface area contributed by atoms with Gasteiger partial charge in [-0.05, 0) is 49.1 Å². The Labute approximate surface area is 155 Å². The van der Waals surface area contributed by atoms with E-state index in [1.54, 1.807) is 18.2 Å². The summed E-state index contributed by atoms with van der Waals surface area (Å²) in [7, 11) is 0. The van der Waals surface area contributed by atoms with E-state index in [4.69, 9.17) is 5.73 Å². The SMILES string of the molecule is NC1(Cc2ccc(-c3c(F)cccc3F)cn2)CCCc2cccc(F)c21. The van der Waals surface area contributed by atoms with Gasteiger partial charge in [-0.2, -0.15) is 0 Å². The molecule has 27 heavy (non-hydrogen) atoms. The number of aromatic nitrogens is 1. The molecule has 0 amide bonds. The minimum absolute atomic E-state index is 0.104. The molecule has 0 radical (unpaired) electrons. The van der Waals surface area contributed by atoms with E-state index in [1.807, 2.05) is 6.07 Å². The molecule has 0 spiro atoms. The Bertz CT molecular complexity index is 965. The lowest BCUT2D eigenvalue weighted by Gasteiger charge is -2.36. The highest BCUT2D eigenvalue weighted by atomic mass is 19.1.